The van der Waals surface area contributed by atoms with Crippen molar-refractivity contribution in [2.75, 3.05) is 7.11 Å². The van der Waals surface area contributed by atoms with E-state index in [1.807, 2.05) is 6.92 Å². The number of aryl methyl sites for hydroxylation is 1. The van der Waals surface area contributed by atoms with Gasteiger partial charge in [-0.1, -0.05) is 13.8 Å². The lowest BCUT2D eigenvalue weighted by atomic mass is 9.56. The summed E-state index contributed by atoms with van der Waals surface area (Å²) in [4.78, 5) is 12.2. The SMILES string of the molecule is CCn1cc(C(=O)N[C@H]2C[C@@](C)(OC)C2(C)C)cn1. The monoisotopic (exact) mass is 265 g/mol. The molecule has 0 spiro atoms. The number of nitrogens with one attached hydrogen (secondary N) is 1. The highest BCUT2D eigenvalue weighted by molar-refractivity contribution is 5.94. The van der Waals surface area contributed by atoms with E-state index in [1.54, 1.807) is 24.2 Å². The zero-order valence-electron chi connectivity index (χ0n) is 12.4. The topological polar surface area (TPSA) is 56.2 Å². The van der Waals surface area contributed by atoms with Gasteiger partial charge in [0.25, 0.3) is 5.91 Å². The van der Waals surface area contributed by atoms with Crippen molar-refractivity contribution in [2.24, 2.45) is 5.41 Å². The summed E-state index contributed by atoms with van der Waals surface area (Å²) >= 11 is 0. The van der Waals surface area contributed by atoms with Crippen LogP contribution in [-0.2, 0) is 11.3 Å². The zero-order valence-corrected chi connectivity index (χ0v) is 12.4. The minimum Gasteiger partial charge on any atom is -0.378 e. The molecular weight excluding hydrogens is 242 g/mol. The molecule has 2 atom stereocenters. The van der Waals surface area contributed by atoms with Gasteiger partial charge in [0.1, 0.15) is 0 Å². The maximum Gasteiger partial charge on any atom is 0.254 e. The Morgan fingerprint density at radius 2 is 2.26 bits per heavy atom. The second-order valence-corrected chi connectivity index (χ2v) is 5.97. The third kappa shape index (κ3) is 2.16. The lowest BCUT2D eigenvalue weighted by molar-refractivity contribution is -0.177. The first kappa shape index (κ1) is 14.1. The standard InChI is InChI=1S/C14H23N3O2/c1-6-17-9-10(8-15-17)12(18)16-11-7-14(4,19-5)13(11,2)3/h8-9,11H,6-7H2,1-5H3,(H,16,18)/t11-,14+/m0/s1. The first-order valence-corrected chi connectivity index (χ1v) is 6.72. The number of rotatable bonds is 4. The number of hydrogen-bond donors (Lipinski definition) is 1. The van der Waals surface area contributed by atoms with Crippen LogP contribution in [0.25, 0.3) is 0 Å². The van der Waals surface area contributed by atoms with Crippen molar-refractivity contribution in [2.45, 2.75) is 52.3 Å². The lowest BCUT2D eigenvalue weighted by Gasteiger charge is -2.59. The second-order valence-electron chi connectivity index (χ2n) is 5.97. The molecule has 0 unspecified atom stereocenters. The number of ether oxygens (including phenoxy) is 1. The van der Waals surface area contributed by atoms with Gasteiger partial charge in [0, 0.05) is 31.3 Å². The fraction of sp³-hybridized carbons (Fsp3) is 0.714. The van der Waals surface area contributed by atoms with Crippen LogP contribution in [0.2, 0.25) is 0 Å². The summed E-state index contributed by atoms with van der Waals surface area (Å²) in [5.41, 5.74) is 0.375. The molecule has 0 aromatic carbocycles. The van der Waals surface area contributed by atoms with Gasteiger partial charge in [0.05, 0.1) is 17.4 Å². The molecule has 106 valence electrons. The van der Waals surface area contributed by atoms with Crippen LogP contribution in [0, 0.1) is 5.41 Å². The van der Waals surface area contributed by atoms with Crippen molar-refractivity contribution >= 4 is 5.91 Å². The molecule has 0 saturated heterocycles. The molecule has 1 aromatic heterocycles. The van der Waals surface area contributed by atoms with Crippen LogP contribution in [0.1, 0.15) is 44.5 Å². The van der Waals surface area contributed by atoms with Crippen LogP contribution < -0.4 is 5.32 Å². The number of aromatic nitrogens is 2. The predicted octanol–water partition coefficient (Wildman–Crippen LogP) is 1.84. The van der Waals surface area contributed by atoms with Gasteiger partial charge >= 0.3 is 0 Å². The Balaban J connectivity index is 2.01. The Morgan fingerprint density at radius 1 is 1.58 bits per heavy atom. The molecule has 1 heterocycles. The quantitative estimate of drug-likeness (QED) is 0.903. The molecular formula is C14H23N3O2. The summed E-state index contributed by atoms with van der Waals surface area (Å²) in [7, 11) is 1.73. The van der Waals surface area contributed by atoms with Gasteiger partial charge in [0.2, 0.25) is 0 Å². The van der Waals surface area contributed by atoms with Gasteiger partial charge in [-0.3, -0.25) is 9.48 Å². The van der Waals surface area contributed by atoms with E-state index in [2.05, 4.69) is 31.2 Å². The van der Waals surface area contributed by atoms with Crippen molar-refractivity contribution in [1.82, 2.24) is 15.1 Å². The molecule has 19 heavy (non-hydrogen) atoms. The normalized spacial score (nSPS) is 28.8. The van der Waals surface area contributed by atoms with Gasteiger partial charge in [-0.05, 0) is 20.3 Å². The Bertz CT molecular complexity index is 481. The van der Waals surface area contributed by atoms with Crippen LogP contribution in [0.15, 0.2) is 12.4 Å². The first-order valence-electron chi connectivity index (χ1n) is 6.72. The van der Waals surface area contributed by atoms with Crippen molar-refractivity contribution in [3.63, 3.8) is 0 Å². The summed E-state index contributed by atoms with van der Waals surface area (Å²) < 4.78 is 7.31. The lowest BCUT2D eigenvalue weighted by Crippen LogP contribution is -2.68. The van der Waals surface area contributed by atoms with Crippen molar-refractivity contribution < 1.29 is 9.53 Å². The van der Waals surface area contributed by atoms with Crippen molar-refractivity contribution in [3.8, 4) is 0 Å². The number of hydrogen-bond acceptors (Lipinski definition) is 3. The highest BCUT2D eigenvalue weighted by Gasteiger charge is 2.58. The number of nitrogens with zero attached hydrogens (tertiary/aromatic N) is 2. The van der Waals surface area contributed by atoms with Crippen LogP contribution in [0.4, 0.5) is 0 Å². The summed E-state index contributed by atoms with van der Waals surface area (Å²) in [6, 6.07) is 0.134. The van der Waals surface area contributed by atoms with E-state index >= 15 is 0 Å². The van der Waals surface area contributed by atoms with Gasteiger partial charge in [0.15, 0.2) is 0 Å². The smallest absolute Gasteiger partial charge is 0.254 e. The maximum atomic E-state index is 12.2. The average Bonchev–Trinajstić information content (AvgIpc) is 2.86. The molecule has 1 saturated carbocycles. The molecule has 2 rings (SSSR count). The molecule has 1 amide bonds. The number of carbonyl (C=O) groups is 1. The van der Waals surface area contributed by atoms with E-state index in [0.717, 1.165) is 13.0 Å². The van der Waals surface area contributed by atoms with Gasteiger partial charge in [-0.15, -0.1) is 0 Å². The third-order valence-electron chi connectivity index (χ3n) is 4.80. The van der Waals surface area contributed by atoms with Crippen LogP contribution in [0.3, 0.4) is 0 Å². The summed E-state index contributed by atoms with van der Waals surface area (Å²) in [6.07, 6.45) is 4.22. The molecule has 5 heteroatoms. The minimum atomic E-state index is -0.168. The van der Waals surface area contributed by atoms with E-state index < -0.39 is 0 Å². The maximum absolute atomic E-state index is 12.2. The fourth-order valence-corrected chi connectivity index (χ4v) is 2.62. The van der Waals surface area contributed by atoms with Gasteiger partial charge < -0.3 is 10.1 Å². The fourth-order valence-electron chi connectivity index (χ4n) is 2.62. The van der Waals surface area contributed by atoms with Crippen molar-refractivity contribution in [3.05, 3.63) is 18.0 Å². The third-order valence-corrected chi connectivity index (χ3v) is 4.80. The van der Waals surface area contributed by atoms with E-state index in [-0.39, 0.29) is 23.0 Å². The molecule has 1 aromatic rings. The Kier molecular flexibility index (Phi) is 3.43. The highest BCUT2D eigenvalue weighted by atomic mass is 16.5. The van der Waals surface area contributed by atoms with Crippen LogP contribution in [0.5, 0.6) is 0 Å². The molecule has 1 aliphatic rings. The predicted molar refractivity (Wildman–Crippen MR) is 73.0 cm³/mol. The molecule has 0 bridgehead atoms. The van der Waals surface area contributed by atoms with Gasteiger partial charge in [-0.2, -0.15) is 5.10 Å². The Morgan fingerprint density at radius 3 is 2.74 bits per heavy atom. The van der Waals surface area contributed by atoms with Crippen molar-refractivity contribution in [1.29, 1.82) is 0 Å². The molecule has 1 N–H and O–H groups in total. The average molecular weight is 265 g/mol. The van der Waals surface area contributed by atoms with Crippen LogP contribution >= 0.6 is 0 Å². The molecule has 0 radical (unpaired) electrons. The second kappa shape index (κ2) is 4.63. The summed E-state index contributed by atoms with van der Waals surface area (Å²) in [6.45, 7) is 9.10. The first-order chi connectivity index (χ1) is 8.84. The van der Waals surface area contributed by atoms with E-state index in [0.29, 0.717) is 5.56 Å². The van der Waals surface area contributed by atoms with E-state index in [4.69, 9.17) is 4.74 Å². The molecule has 1 fully saturated rings. The Hall–Kier alpha value is -1.36. The van der Waals surface area contributed by atoms with E-state index in [1.165, 1.54) is 0 Å². The number of methoxy groups -OCH3 is 1. The largest absolute Gasteiger partial charge is 0.378 e. The molecule has 0 aliphatic heterocycles. The van der Waals surface area contributed by atoms with Crippen LogP contribution in [-0.4, -0.2) is 34.4 Å². The van der Waals surface area contributed by atoms with E-state index in [9.17, 15) is 4.79 Å². The minimum absolute atomic E-state index is 0.0593. The Labute approximate surface area is 114 Å². The number of amides is 1. The van der Waals surface area contributed by atoms with Gasteiger partial charge in [-0.25, -0.2) is 0 Å². The summed E-state index contributed by atoms with van der Waals surface area (Å²) in [5, 5.41) is 7.20. The highest BCUT2D eigenvalue weighted by Crippen LogP contribution is 2.51. The molecule has 5 nitrogen and oxygen atoms in total. The summed E-state index contributed by atoms with van der Waals surface area (Å²) in [5.74, 6) is -0.0593. The number of carbonyl (C=O) groups excluding carboxylic acids is 1. The molecule has 1 aliphatic carbocycles. The zero-order chi connectivity index (χ0) is 14.3.